The molecule has 1 amide bonds. The molecule has 2 aliphatic rings. The molecule has 0 bridgehead atoms. The van der Waals surface area contributed by atoms with Crippen molar-refractivity contribution in [1.29, 1.82) is 0 Å². The highest BCUT2D eigenvalue weighted by Gasteiger charge is 2.45. The van der Waals surface area contributed by atoms with E-state index in [9.17, 15) is 4.79 Å². The normalized spacial score (nSPS) is 18.5. The number of amides is 1. The van der Waals surface area contributed by atoms with E-state index in [0.29, 0.717) is 11.4 Å². The van der Waals surface area contributed by atoms with E-state index in [1.54, 1.807) is 5.48 Å². The highest BCUT2D eigenvalue weighted by Crippen LogP contribution is 2.42. The highest BCUT2D eigenvalue weighted by atomic mass is 16.5. The number of fused-ring (bicyclic) bond motifs is 1. The van der Waals surface area contributed by atoms with Gasteiger partial charge in [0.1, 0.15) is 0 Å². The number of rotatable bonds is 4. The molecule has 1 aromatic carbocycles. The average molecular weight is 406 g/mol. The van der Waals surface area contributed by atoms with E-state index in [0.717, 1.165) is 45.6 Å². The number of nitrogens with zero attached hydrogens (tertiary/aromatic N) is 5. The Labute approximate surface area is 175 Å². The van der Waals surface area contributed by atoms with Gasteiger partial charge in [-0.2, -0.15) is 0 Å². The third-order valence-corrected chi connectivity index (χ3v) is 6.60. The quantitative estimate of drug-likeness (QED) is 0.510. The molecule has 0 saturated carbocycles. The number of carbonyl (C=O) groups excluding carboxylic acids is 1. The van der Waals surface area contributed by atoms with Crippen LogP contribution >= 0.6 is 0 Å². The molecule has 156 valence electrons. The van der Waals surface area contributed by atoms with Crippen LogP contribution in [0.3, 0.4) is 0 Å². The number of benzene rings is 1. The fraction of sp³-hybridized carbons (Fsp3) is 0.409. The number of hydrogen-bond acceptors (Lipinski definition) is 6. The van der Waals surface area contributed by atoms with E-state index in [-0.39, 0.29) is 5.56 Å². The average Bonchev–Trinajstić information content (AvgIpc) is 3.08. The van der Waals surface area contributed by atoms with Gasteiger partial charge in [-0.05, 0) is 29.9 Å². The van der Waals surface area contributed by atoms with Gasteiger partial charge in [-0.3, -0.25) is 14.9 Å². The molecule has 2 N–H and O–H groups in total. The van der Waals surface area contributed by atoms with Crippen LogP contribution in [0.1, 0.15) is 28.8 Å². The Morgan fingerprint density at radius 3 is 2.57 bits per heavy atom. The molecule has 3 aromatic rings. The molecule has 0 aliphatic carbocycles. The zero-order valence-electron chi connectivity index (χ0n) is 17.1. The van der Waals surface area contributed by atoms with Gasteiger partial charge in [-0.25, -0.2) is 15.4 Å². The summed E-state index contributed by atoms with van der Waals surface area (Å²) in [5.74, 6) is 0.0474. The summed E-state index contributed by atoms with van der Waals surface area (Å²) in [6.07, 6.45) is 7.42. The molecule has 0 unspecified atom stereocenters. The van der Waals surface area contributed by atoms with E-state index in [2.05, 4.69) is 61.8 Å². The van der Waals surface area contributed by atoms with Crippen molar-refractivity contribution in [3.05, 3.63) is 54.0 Å². The first-order valence-corrected chi connectivity index (χ1v) is 10.3. The Bertz CT molecular complexity index is 1060. The first kappa shape index (κ1) is 19.0. The summed E-state index contributed by atoms with van der Waals surface area (Å²) in [6, 6.07) is 8.60. The topological polar surface area (TPSA) is 86.5 Å². The molecule has 2 saturated heterocycles. The molecule has 8 heteroatoms. The Hall–Kier alpha value is -2.97. The number of hydrogen-bond donors (Lipinski definition) is 2. The Kier molecular flexibility index (Phi) is 4.67. The van der Waals surface area contributed by atoms with Gasteiger partial charge in [0.05, 0.1) is 5.56 Å². The predicted molar refractivity (Wildman–Crippen MR) is 113 cm³/mol. The lowest BCUT2D eigenvalue weighted by Gasteiger charge is -2.54. The fourth-order valence-corrected chi connectivity index (χ4v) is 4.97. The summed E-state index contributed by atoms with van der Waals surface area (Å²) >= 11 is 0. The summed E-state index contributed by atoms with van der Waals surface area (Å²) < 4.78 is 2.22. The number of aryl methyl sites for hydroxylation is 1. The zero-order chi connectivity index (χ0) is 20.7. The van der Waals surface area contributed by atoms with Crippen LogP contribution in [-0.2, 0) is 13.6 Å². The van der Waals surface area contributed by atoms with Crippen molar-refractivity contribution in [1.82, 2.24) is 24.9 Å². The number of nitrogens with one attached hydrogen (secondary N) is 1. The van der Waals surface area contributed by atoms with E-state index in [1.165, 1.54) is 28.9 Å². The van der Waals surface area contributed by atoms with E-state index in [4.69, 9.17) is 5.21 Å². The molecule has 0 radical (unpaired) electrons. The minimum atomic E-state index is -0.597. The summed E-state index contributed by atoms with van der Waals surface area (Å²) in [4.78, 5) is 24.7. The van der Waals surface area contributed by atoms with Crippen LogP contribution in [-0.4, -0.2) is 56.7 Å². The molecule has 2 aromatic heterocycles. The standard InChI is InChI=1S/C22H26N6O2/c1-26-12-17(18-4-2-3-5-19(18)26)13-27-14-22(15-27)6-8-28(9-7-22)21-23-10-16(11-24-21)20(29)25-30/h2-5,10-12,30H,6-9,13-15H2,1H3,(H,25,29). The number of anilines is 1. The first-order chi connectivity index (χ1) is 14.6. The Morgan fingerprint density at radius 1 is 1.17 bits per heavy atom. The molecular formula is C22H26N6O2. The minimum absolute atomic E-state index is 0.248. The van der Waals surface area contributed by atoms with Crippen molar-refractivity contribution in [2.24, 2.45) is 12.5 Å². The smallest absolute Gasteiger partial charge is 0.277 e. The fourth-order valence-electron chi connectivity index (χ4n) is 4.97. The second-order valence-electron chi connectivity index (χ2n) is 8.63. The second kappa shape index (κ2) is 7.37. The third-order valence-electron chi connectivity index (χ3n) is 6.60. The van der Waals surface area contributed by atoms with Gasteiger partial charge in [0.15, 0.2) is 0 Å². The van der Waals surface area contributed by atoms with Gasteiger partial charge in [-0.1, -0.05) is 18.2 Å². The SMILES string of the molecule is Cn1cc(CN2CC3(CCN(c4ncc(C(=O)NO)cn4)CC3)C2)c2ccccc21. The maximum absolute atomic E-state index is 11.4. The number of aromatic nitrogens is 3. The van der Waals surface area contributed by atoms with Crippen LogP contribution in [0.25, 0.3) is 10.9 Å². The molecule has 5 rings (SSSR count). The first-order valence-electron chi connectivity index (χ1n) is 10.3. The molecule has 2 fully saturated rings. The largest absolute Gasteiger partial charge is 0.350 e. The lowest BCUT2D eigenvalue weighted by Crippen LogP contribution is -2.59. The summed E-state index contributed by atoms with van der Waals surface area (Å²) in [7, 11) is 2.12. The monoisotopic (exact) mass is 406 g/mol. The van der Waals surface area contributed by atoms with Gasteiger partial charge < -0.3 is 9.47 Å². The van der Waals surface area contributed by atoms with Gasteiger partial charge in [-0.15, -0.1) is 0 Å². The summed E-state index contributed by atoms with van der Waals surface area (Å²) in [6.45, 7) is 5.13. The van der Waals surface area contributed by atoms with Crippen LogP contribution in [0, 0.1) is 5.41 Å². The Balaban J connectivity index is 1.17. The van der Waals surface area contributed by atoms with Crippen molar-refractivity contribution in [2.75, 3.05) is 31.1 Å². The zero-order valence-corrected chi connectivity index (χ0v) is 17.1. The summed E-state index contributed by atoms with van der Waals surface area (Å²) in [5, 5.41) is 10.0. The molecule has 0 atom stereocenters. The second-order valence-corrected chi connectivity index (χ2v) is 8.63. The van der Waals surface area contributed by atoms with Gasteiger partial charge in [0.25, 0.3) is 5.91 Å². The molecule has 30 heavy (non-hydrogen) atoms. The molecule has 2 aliphatic heterocycles. The van der Waals surface area contributed by atoms with E-state index >= 15 is 0 Å². The number of hydroxylamine groups is 1. The minimum Gasteiger partial charge on any atom is -0.350 e. The molecule has 4 heterocycles. The van der Waals surface area contributed by atoms with Crippen LogP contribution in [0.5, 0.6) is 0 Å². The lowest BCUT2D eigenvalue weighted by molar-refractivity contribution is -0.0239. The van der Waals surface area contributed by atoms with Crippen LogP contribution in [0.2, 0.25) is 0 Å². The maximum atomic E-state index is 11.4. The van der Waals surface area contributed by atoms with E-state index < -0.39 is 5.91 Å². The highest BCUT2D eigenvalue weighted by molar-refractivity contribution is 5.92. The number of piperidine rings is 1. The van der Waals surface area contributed by atoms with Crippen molar-refractivity contribution >= 4 is 22.8 Å². The predicted octanol–water partition coefficient (Wildman–Crippen LogP) is 2.19. The molecular weight excluding hydrogens is 380 g/mol. The van der Waals surface area contributed by atoms with E-state index in [1.807, 2.05) is 0 Å². The lowest BCUT2D eigenvalue weighted by atomic mass is 9.72. The van der Waals surface area contributed by atoms with Crippen LogP contribution in [0.15, 0.2) is 42.9 Å². The summed E-state index contributed by atoms with van der Waals surface area (Å²) in [5.41, 5.74) is 4.94. The van der Waals surface area contributed by atoms with Gasteiger partial charge >= 0.3 is 0 Å². The van der Waals surface area contributed by atoms with Crippen molar-refractivity contribution < 1.29 is 10.0 Å². The van der Waals surface area contributed by atoms with Crippen molar-refractivity contribution in [3.63, 3.8) is 0 Å². The number of likely N-dealkylation sites (tertiary alicyclic amines) is 1. The third kappa shape index (κ3) is 3.32. The van der Waals surface area contributed by atoms with Crippen LogP contribution < -0.4 is 10.4 Å². The van der Waals surface area contributed by atoms with Crippen molar-refractivity contribution in [3.8, 4) is 0 Å². The number of para-hydroxylation sites is 1. The van der Waals surface area contributed by atoms with Crippen molar-refractivity contribution in [2.45, 2.75) is 19.4 Å². The van der Waals surface area contributed by atoms with Gasteiger partial charge in [0.2, 0.25) is 5.95 Å². The molecule has 8 nitrogen and oxygen atoms in total. The van der Waals surface area contributed by atoms with Crippen LogP contribution in [0.4, 0.5) is 5.95 Å². The Morgan fingerprint density at radius 2 is 1.87 bits per heavy atom. The molecule has 1 spiro atoms. The maximum Gasteiger partial charge on any atom is 0.277 e. The van der Waals surface area contributed by atoms with Gasteiger partial charge in [0, 0.05) is 69.3 Å². The number of carbonyl (C=O) groups is 1.